The van der Waals surface area contributed by atoms with Gasteiger partial charge >= 0.3 is 6.03 Å². The summed E-state index contributed by atoms with van der Waals surface area (Å²) in [7, 11) is 0. The van der Waals surface area contributed by atoms with Crippen molar-refractivity contribution in [2.45, 2.75) is 33.7 Å². The largest absolute Gasteiger partial charge is 0.335 e. The van der Waals surface area contributed by atoms with Gasteiger partial charge in [-0.3, -0.25) is 4.79 Å². The number of carbonyl (C=O) groups excluding carboxylic acids is 2. The molecule has 1 rings (SSSR count). The number of rotatable bonds is 3. The van der Waals surface area contributed by atoms with E-state index in [1.807, 2.05) is 6.92 Å². The van der Waals surface area contributed by atoms with E-state index in [-0.39, 0.29) is 23.8 Å². The maximum absolute atomic E-state index is 11.6. The lowest BCUT2D eigenvalue weighted by Gasteiger charge is -2.38. The van der Waals surface area contributed by atoms with Crippen molar-refractivity contribution < 1.29 is 9.59 Å². The van der Waals surface area contributed by atoms with Crippen molar-refractivity contribution in [3.8, 4) is 0 Å². The Morgan fingerprint density at radius 1 is 1.27 bits per heavy atom. The van der Waals surface area contributed by atoms with E-state index >= 15 is 0 Å². The highest BCUT2D eigenvalue weighted by Crippen LogP contribution is 2.16. The molecule has 86 valence electrons. The standard InChI is InChI=1S/C11H20N2O2/c1-7(2)8(3)12-11(15)13-5-10(6-13)9(4)14/h7-8,10H,5-6H2,1-4H3,(H,12,15)/t8-/m1/s1. The highest BCUT2D eigenvalue weighted by atomic mass is 16.2. The predicted molar refractivity (Wildman–Crippen MR) is 58.6 cm³/mol. The van der Waals surface area contributed by atoms with Crippen molar-refractivity contribution in [3.63, 3.8) is 0 Å². The van der Waals surface area contributed by atoms with E-state index in [4.69, 9.17) is 0 Å². The Morgan fingerprint density at radius 2 is 1.80 bits per heavy atom. The van der Waals surface area contributed by atoms with Crippen LogP contribution in [0.1, 0.15) is 27.7 Å². The molecule has 0 aromatic carbocycles. The molecule has 0 spiro atoms. The van der Waals surface area contributed by atoms with Crippen LogP contribution in [-0.4, -0.2) is 35.8 Å². The number of hydrogen-bond donors (Lipinski definition) is 1. The van der Waals surface area contributed by atoms with Crippen LogP contribution >= 0.6 is 0 Å². The zero-order valence-electron chi connectivity index (χ0n) is 9.91. The van der Waals surface area contributed by atoms with Crippen molar-refractivity contribution in [2.75, 3.05) is 13.1 Å². The number of nitrogens with zero attached hydrogens (tertiary/aromatic N) is 1. The predicted octanol–water partition coefficient (Wildman–Crippen LogP) is 1.26. The summed E-state index contributed by atoms with van der Waals surface area (Å²) >= 11 is 0. The van der Waals surface area contributed by atoms with Gasteiger partial charge in [0.05, 0.1) is 5.92 Å². The van der Waals surface area contributed by atoms with Crippen molar-refractivity contribution in [1.82, 2.24) is 10.2 Å². The SMILES string of the molecule is CC(=O)C1CN(C(=O)N[C@H](C)C(C)C)C1. The fourth-order valence-corrected chi connectivity index (χ4v) is 1.35. The summed E-state index contributed by atoms with van der Waals surface area (Å²) in [5.74, 6) is 0.667. The summed E-state index contributed by atoms with van der Waals surface area (Å²) in [6.07, 6.45) is 0. The Hall–Kier alpha value is -1.06. The summed E-state index contributed by atoms with van der Waals surface area (Å²) in [4.78, 5) is 24.3. The van der Waals surface area contributed by atoms with E-state index in [0.29, 0.717) is 19.0 Å². The lowest BCUT2D eigenvalue weighted by atomic mass is 9.96. The van der Waals surface area contributed by atoms with E-state index in [1.54, 1.807) is 11.8 Å². The molecule has 0 aromatic heterocycles. The zero-order valence-corrected chi connectivity index (χ0v) is 9.91. The molecule has 4 heteroatoms. The molecule has 1 atom stereocenters. The molecule has 0 aliphatic carbocycles. The van der Waals surface area contributed by atoms with Crippen LogP contribution in [0.5, 0.6) is 0 Å². The van der Waals surface area contributed by atoms with Gasteiger partial charge < -0.3 is 10.2 Å². The van der Waals surface area contributed by atoms with Crippen molar-refractivity contribution in [1.29, 1.82) is 0 Å². The molecule has 0 bridgehead atoms. The lowest BCUT2D eigenvalue weighted by molar-refractivity contribution is -0.124. The third kappa shape index (κ3) is 2.94. The fourth-order valence-electron chi connectivity index (χ4n) is 1.35. The minimum atomic E-state index is -0.0475. The second kappa shape index (κ2) is 4.64. The molecule has 0 radical (unpaired) electrons. The number of ketones is 1. The number of nitrogens with one attached hydrogen (secondary N) is 1. The molecule has 4 nitrogen and oxygen atoms in total. The maximum Gasteiger partial charge on any atom is 0.317 e. The van der Waals surface area contributed by atoms with Crippen LogP contribution < -0.4 is 5.32 Å². The molecule has 1 fully saturated rings. The number of urea groups is 1. The van der Waals surface area contributed by atoms with Crippen LogP contribution in [0.2, 0.25) is 0 Å². The molecule has 1 aliphatic heterocycles. The van der Waals surface area contributed by atoms with Gasteiger partial charge in [0.1, 0.15) is 5.78 Å². The normalized spacial score (nSPS) is 18.6. The highest BCUT2D eigenvalue weighted by molar-refractivity contribution is 5.83. The van der Waals surface area contributed by atoms with Gasteiger partial charge in [-0.1, -0.05) is 13.8 Å². The average Bonchev–Trinajstić information content (AvgIpc) is 1.99. The third-order valence-corrected chi connectivity index (χ3v) is 3.09. The number of amides is 2. The first kappa shape index (κ1) is 12.0. The third-order valence-electron chi connectivity index (χ3n) is 3.09. The lowest BCUT2D eigenvalue weighted by Crippen LogP contribution is -2.57. The molecular formula is C11H20N2O2. The summed E-state index contributed by atoms with van der Waals surface area (Å²) in [5.41, 5.74) is 0. The molecule has 0 unspecified atom stereocenters. The summed E-state index contributed by atoms with van der Waals surface area (Å²) in [6.45, 7) is 8.86. The second-order valence-electron chi connectivity index (χ2n) is 4.69. The van der Waals surface area contributed by atoms with Gasteiger partial charge in [0.2, 0.25) is 0 Å². The summed E-state index contributed by atoms with van der Waals surface area (Å²) < 4.78 is 0. The molecule has 1 N–H and O–H groups in total. The van der Waals surface area contributed by atoms with E-state index in [0.717, 1.165) is 0 Å². The van der Waals surface area contributed by atoms with Gasteiger partial charge in [-0.2, -0.15) is 0 Å². The summed E-state index contributed by atoms with van der Waals surface area (Å²) in [5, 5.41) is 2.92. The van der Waals surface area contributed by atoms with Crippen LogP contribution in [0, 0.1) is 11.8 Å². The molecule has 15 heavy (non-hydrogen) atoms. The van der Waals surface area contributed by atoms with E-state index in [1.165, 1.54) is 0 Å². The number of hydrogen-bond acceptors (Lipinski definition) is 2. The second-order valence-corrected chi connectivity index (χ2v) is 4.69. The van der Waals surface area contributed by atoms with Crippen molar-refractivity contribution >= 4 is 11.8 Å². The summed E-state index contributed by atoms with van der Waals surface area (Å²) in [6, 6.07) is 0.127. The average molecular weight is 212 g/mol. The molecule has 1 aliphatic rings. The van der Waals surface area contributed by atoms with E-state index in [2.05, 4.69) is 19.2 Å². The van der Waals surface area contributed by atoms with Crippen LogP contribution in [0.3, 0.4) is 0 Å². The quantitative estimate of drug-likeness (QED) is 0.765. The van der Waals surface area contributed by atoms with Crippen LogP contribution in [-0.2, 0) is 4.79 Å². The minimum Gasteiger partial charge on any atom is -0.335 e. The zero-order chi connectivity index (χ0) is 11.6. The van der Waals surface area contributed by atoms with E-state index < -0.39 is 0 Å². The maximum atomic E-state index is 11.6. The Bertz CT molecular complexity index is 257. The molecule has 0 saturated carbocycles. The topological polar surface area (TPSA) is 49.4 Å². The Kier molecular flexibility index (Phi) is 3.72. The number of likely N-dealkylation sites (tertiary alicyclic amines) is 1. The van der Waals surface area contributed by atoms with Crippen LogP contribution in [0.4, 0.5) is 4.79 Å². The molecule has 1 heterocycles. The highest BCUT2D eigenvalue weighted by Gasteiger charge is 2.33. The first-order valence-corrected chi connectivity index (χ1v) is 5.47. The molecule has 1 saturated heterocycles. The van der Waals surface area contributed by atoms with Gasteiger partial charge in [-0.25, -0.2) is 4.79 Å². The fraction of sp³-hybridized carbons (Fsp3) is 0.818. The van der Waals surface area contributed by atoms with Gasteiger partial charge in [-0.05, 0) is 19.8 Å². The van der Waals surface area contributed by atoms with Gasteiger partial charge in [-0.15, -0.1) is 0 Å². The van der Waals surface area contributed by atoms with Gasteiger partial charge in [0.25, 0.3) is 0 Å². The minimum absolute atomic E-state index is 0.0475. The van der Waals surface area contributed by atoms with Crippen LogP contribution in [0.15, 0.2) is 0 Å². The molecule has 2 amide bonds. The molecular weight excluding hydrogens is 192 g/mol. The van der Waals surface area contributed by atoms with Gasteiger partial charge in [0.15, 0.2) is 0 Å². The van der Waals surface area contributed by atoms with Gasteiger partial charge in [0, 0.05) is 19.1 Å². The number of Topliss-reactive ketones (excluding diaryl/α,β-unsaturated/α-hetero) is 1. The number of carbonyl (C=O) groups is 2. The first-order valence-electron chi connectivity index (χ1n) is 5.47. The van der Waals surface area contributed by atoms with Crippen molar-refractivity contribution in [3.05, 3.63) is 0 Å². The van der Waals surface area contributed by atoms with E-state index in [9.17, 15) is 9.59 Å². The molecule has 0 aromatic rings. The smallest absolute Gasteiger partial charge is 0.317 e. The first-order chi connectivity index (χ1) is 6.91. The Labute approximate surface area is 91.0 Å². The van der Waals surface area contributed by atoms with Crippen LogP contribution in [0.25, 0.3) is 0 Å². The Morgan fingerprint density at radius 3 is 2.20 bits per heavy atom. The monoisotopic (exact) mass is 212 g/mol. The Balaban J connectivity index is 2.29. The van der Waals surface area contributed by atoms with Crippen molar-refractivity contribution in [2.24, 2.45) is 11.8 Å².